The number of nitrogens with zero attached hydrogens (tertiary/aromatic N) is 1. The fourth-order valence-electron chi connectivity index (χ4n) is 3.72. The lowest BCUT2D eigenvalue weighted by Gasteiger charge is -2.32. The standard InChI is InChI=1S/C23H29N3O4S/c27-22-17-21(19-11-5-3-6-12-19)26(16-10-2-1-9-15-24-22)23(28)18-25-31(29,30)20-13-7-4-8-14-20/h3-8,11-14,21,25H,1-2,9-10,15-18H2,(H,24,27). The average Bonchev–Trinajstić information content (AvgIpc) is 2.83. The molecule has 2 amide bonds. The van der Waals surface area contributed by atoms with Gasteiger partial charge in [-0.2, -0.15) is 0 Å². The van der Waals surface area contributed by atoms with Crippen LogP contribution in [0.4, 0.5) is 0 Å². The third-order valence-corrected chi connectivity index (χ3v) is 6.79. The van der Waals surface area contributed by atoms with Gasteiger partial charge in [-0.3, -0.25) is 9.59 Å². The second-order valence-electron chi connectivity index (χ2n) is 7.62. The van der Waals surface area contributed by atoms with Crippen molar-refractivity contribution in [1.82, 2.24) is 14.9 Å². The third-order valence-electron chi connectivity index (χ3n) is 5.37. The summed E-state index contributed by atoms with van der Waals surface area (Å²) in [4.78, 5) is 27.4. The number of sulfonamides is 1. The van der Waals surface area contributed by atoms with Gasteiger partial charge < -0.3 is 10.2 Å². The Kier molecular flexibility index (Phi) is 8.20. The van der Waals surface area contributed by atoms with Gasteiger partial charge in [0.25, 0.3) is 0 Å². The molecule has 8 heteroatoms. The lowest BCUT2D eigenvalue weighted by Crippen LogP contribution is -2.43. The van der Waals surface area contributed by atoms with Gasteiger partial charge in [-0.25, -0.2) is 13.1 Å². The molecule has 0 aliphatic carbocycles. The fraction of sp³-hybridized carbons (Fsp3) is 0.391. The molecule has 166 valence electrons. The van der Waals surface area contributed by atoms with E-state index in [4.69, 9.17) is 0 Å². The van der Waals surface area contributed by atoms with Crippen molar-refractivity contribution < 1.29 is 18.0 Å². The molecule has 0 saturated carbocycles. The quantitative estimate of drug-likeness (QED) is 0.743. The average molecular weight is 444 g/mol. The maximum Gasteiger partial charge on any atom is 0.241 e. The van der Waals surface area contributed by atoms with Gasteiger partial charge in [0.1, 0.15) is 0 Å². The molecule has 1 unspecified atom stereocenters. The Balaban J connectivity index is 1.81. The van der Waals surface area contributed by atoms with E-state index in [1.54, 1.807) is 23.1 Å². The molecular weight excluding hydrogens is 414 g/mol. The molecular formula is C23H29N3O4S. The molecule has 7 nitrogen and oxygen atoms in total. The maximum atomic E-state index is 13.2. The van der Waals surface area contributed by atoms with Crippen molar-refractivity contribution in [2.75, 3.05) is 19.6 Å². The topological polar surface area (TPSA) is 95.6 Å². The zero-order valence-corrected chi connectivity index (χ0v) is 18.3. The van der Waals surface area contributed by atoms with Crippen LogP contribution in [0.15, 0.2) is 65.6 Å². The SMILES string of the molecule is O=C1CC(c2ccccc2)N(C(=O)CNS(=O)(=O)c2ccccc2)CCCCCCN1. The summed E-state index contributed by atoms with van der Waals surface area (Å²) >= 11 is 0. The zero-order valence-electron chi connectivity index (χ0n) is 17.5. The van der Waals surface area contributed by atoms with Gasteiger partial charge >= 0.3 is 0 Å². The van der Waals surface area contributed by atoms with E-state index in [2.05, 4.69) is 10.0 Å². The van der Waals surface area contributed by atoms with Crippen molar-refractivity contribution in [1.29, 1.82) is 0 Å². The lowest BCUT2D eigenvalue weighted by atomic mass is 10.0. The van der Waals surface area contributed by atoms with E-state index in [1.165, 1.54) is 12.1 Å². The highest BCUT2D eigenvalue weighted by Gasteiger charge is 2.28. The smallest absolute Gasteiger partial charge is 0.241 e. The molecule has 31 heavy (non-hydrogen) atoms. The second-order valence-corrected chi connectivity index (χ2v) is 9.39. The molecule has 3 rings (SSSR count). The summed E-state index contributed by atoms with van der Waals surface area (Å²) in [5.41, 5.74) is 0.858. The number of carbonyl (C=O) groups excluding carboxylic acids is 2. The normalized spacial score (nSPS) is 18.6. The monoisotopic (exact) mass is 443 g/mol. The lowest BCUT2D eigenvalue weighted by molar-refractivity contribution is -0.134. The van der Waals surface area contributed by atoms with Crippen molar-refractivity contribution in [3.8, 4) is 0 Å². The van der Waals surface area contributed by atoms with Crippen LogP contribution in [-0.2, 0) is 19.6 Å². The summed E-state index contributed by atoms with van der Waals surface area (Å²) in [6.45, 7) is 0.742. The molecule has 2 aromatic rings. The van der Waals surface area contributed by atoms with Crippen molar-refractivity contribution in [3.05, 3.63) is 66.2 Å². The van der Waals surface area contributed by atoms with Crippen molar-refractivity contribution in [2.45, 2.75) is 43.0 Å². The number of amides is 2. The first-order chi connectivity index (χ1) is 15.0. The van der Waals surface area contributed by atoms with Crippen LogP contribution in [0.5, 0.6) is 0 Å². The van der Waals surface area contributed by atoms with E-state index >= 15 is 0 Å². The minimum absolute atomic E-state index is 0.110. The van der Waals surface area contributed by atoms with Crippen molar-refractivity contribution in [3.63, 3.8) is 0 Å². The van der Waals surface area contributed by atoms with E-state index in [-0.39, 0.29) is 29.7 Å². The van der Waals surface area contributed by atoms with Crippen molar-refractivity contribution >= 4 is 21.8 Å². The van der Waals surface area contributed by atoms with Crippen LogP contribution < -0.4 is 10.0 Å². The predicted octanol–water partition coefficient (Wildman–Crippen LogP) is 2.62. The van der Waals surface area contributed by atoms with Crippen molar-refractivity contribution in [2.24, 2.45) is 0 Å². The van der Waals surface area contributed by atoms with E-state index in [1.807, 2.05) is 30.3 Å². The van der Waals surface area contributed by atoms with E-state index in [0.29, 0.717) is 13.1 Å². The van der Waals surface area contributed by atoms with Crippen LogP contribution in [0, 0.1) is 0 Å². The highest BCUT2D eigenvalue weighted by Crippen LogP contribution is 2.26. The minimum atomic E-state index is -3.80. The molecule has 0 spiro atoms. The molecule has 1 saturated heterocycles. The first-order valence-corrected chi connectivity index (χ1v) is 12.1. The minimum Gasteiger partial charge on any atom is -0.356 e. The number of hydrogen-bond donors (Lipinski definition) is 2. The molecule has 1 atom stereocenters. The molecule has 2 N–H and O–H groups in total. The highest BCUT2D eigenvalue weighted by atomic mass is 32.2. The predicted molar refractivity (Wildman–Crippen MR) is 119 cm³/mol. The van der Waals surface area contributed by atoms with Crippen LogP contribution in [0.3, 0.4) is 0 Å². The number of benzene rings is 2. The number of hydrogen-bond acceptors (Lipinski definition) is 4. The Morgan fingerprint density at radius 1 is 0.968 bits per heavy atom. The Morgan fingerprint density at radius 2 is 1.61 bits per heavy atom. The second kappa shape index (κ2) is 11.1. The Morgan fingerprint density at radius 3 is 2.32 bits per heavy atom. The maximum absolute atomic E-state index is 13.2. The van der Waals surface area contributed by atoms with E-state index < -0.39 is 16.1 Å². The van der Waals surface area contributed by atoms with Crippen LogP contribution in [-0.4, -0.2) is 44.8 Å². The third kappa shape index (κ3) is 6.63. The molecule has 1 heterocycles. The Labute approximate surface area is 183 Å². The zero-order chi connectivity index (χ0) is 22.1. The van der Waals surface area contributed by atoms with Crippen LogP contribution >= 0.6 is 0 Å². The van der Waals surface area contributed by atoms with E-state index in [9.17, 15) is 18.0 Å². The van der Waals surface area contributed by atoms with Crippen LogP contribution in [0.25, 0.3) is 0 Å². The van der Waals surface area contributed by atoms with Gasteiger partial charge in [0, 0.05) is 13.1 Å². The number of carbonyl (C=O) groups is 2. The summed E-state index contributed by atoms with van der Waals surface area (Å²) in [6.07, 6.45) is 3.76. The first kappa shape index (κ1) is 23.0. The summed E-state index contributed by atoms with van der Waals surface area (Å²) in [5, 5.41) is 2.93. The van der Waals surface area contributed by atoms with Gasteiger partial charge in [-0.15, -0.1) is 0 Å². The van der Waals surface area contributed by atoms with Crippen LogP contribution in [0.1, 0.15) is 43.7 Å². The number of rotatable bonds is 5. The molecule has 0 radical (unpaired) electrons. The molecule has 1 fully saturated rings. The van der Waals surface area contributed by atoms with Gasteiger partial charge in [0.15, 0.2) is 0 Å². The molecule has 1 aliphatic rings. The van der Waals surface area contributed by atoms with Gasteiger partial charge in [-0.1, -0.05) is 61.4 Å². The van der Waals surface area contributed by atoms with Crippen LogP contribution in [0.2, 0.25) is 0 Å². The molecule has 2 aromatic carbocycles. The molecule has 0 aromatic heterocycles. The summed E-state index contributed by atoms with van der Waals surface area (Å²) in [6, 6.07) is 16.9. The summed E-state index contributed by atoms with van der Waals surface area (Å²) in [7, 11) is -3.80. The molecule has 0 bridgehead atoms. The first-order valence-electron chi connectivity index (χ1n) is 10.6. The van der Waals surface area contributed by atoms with Gasteiger partial charge in [0.2, 0.25) is 21.8 Å². The van der Waals surface area contributed by atoms with Gasteiger partial charge in [-0.05, 0) is 30.5 Å². The largest absolute Gasteiger partial charge is 0.356 e. The summed E-state index contributed by atoms with van der Waals surface area (Å²) in [5.74, 6) is -0.459. The number of nitrogens with one attached hydrogen (secondary N) is 2. The fourth-order valence-corrected chi connectivity index (χ4v) is 4.71. The highest BCUT2D eigenvalue weighted by molar-refractivity contribution is 7.89. The van der Waals surface area contributed by atoms with Gasteiger partial charge in [0.05, 0.1) is 23.9 Å². The Hall–Kier alpha value is -2.71. The summed E-state index contributed by atoms with van der Waals surface area (Å²) < 4.78 is 27.5. The Bertz CT molecular complexity index is 965. The van der Waals surface area contributed by atoms with E-state index in [0.717, 1.165) is 31.2 Å². The molecule has 1 aliphatic heterocycles.